The van der Waals surface area contributed by atoms with Gasteiger partial charge in [0, 0.05) is 15.7 Å². The van der Waals surface area contributed by atoms with Crippen molar-refractivity contribution < 1.29 is 28.7 Å². The van der Waals surface area contributed by atoms with Crippen LogP contribution in [0, 0.1) is 0 Å². The predicted octanol–water partition coefficient (Wildman–Crippen LogP) is 3.48. The lowest BCUT2D eigenvalue weighted by Crippen LogP contribution is -2.38. The van der Waals surface area contributed by atoms with E-state index in [4.69, 9.17) is 9.47 Å². The number of nitrogens with zero attached hydrogens (tertiary/aromatic N) is 1. The van der Waals surface area contributed by atoms with E-state index in [0.717, 1.165) is 16.9 Å². The molecule has 0 atom stereocenters. The quantitative estimate of drug-likeness (QED) is 0.292. The number of imide groups is 1. The predicted molar refractivity (Wildman–Crippen MR) is 129 cm³/mol. The van der Waals surface area contributed by atoms with Gasteiger partial charge < -0.3 is 20.1 Å². The van der Waals surface area contributed by atoms with Crippen molar-refractivity contribution in [2.75, 3.05) is 25.1 Å². The number of nitrogens with one attached hydrogen (secondary N) is 2. The fourth-order valence-corrected chi connectivity index (χ4v) is 3.64. The number of aryl methyl sites for hydroxylation is 1. The van der Waals surface area contributed by atoms with E-state index in [1.165, 1.54) is 6.08 Å². The molecule has 2 aromatic carbocycles. The topological polar surface area (TPSA) is 114 Å². The minimum atomic E-state index is -0.709. The summed E-state index contributed by atoms with van der Waals surface area (Å²) in [6.07, 6.45) is 2.15. The summed E-state index contributed by atoms with van der Waals surface area (Å²) in [4.78, 5) is 50.2. The molecule has 1 fully saturated rings. The van der Waals surface area contributed by atoms with Crippen LogP contribution in [0.2, 0.25) is 0 Å². The zero-order valence-corrected chi connectivity index (χ0v) is 20.3. The first-order valence-electron chi connectivity index (χ1n) is 10.6. The van der Waals surface area contributed by atoms with Crippen LogP contribution in [-0.4, -0.2) is 48.5 Å². The van der Waals surface area contributed by atoms with Crippen LogP contribution >= 0.6 is 15.9 Å². The molecule has 4 amide bonds. The van der Waals surface area contributed by atoms with Gasteiger partial charge in [-0.2, -0.15) is 0 Å². The first kappa shape index (κ1) is 25.0. The number of halogens is 1. The van der Waals surface area contributed by atoms with Gasteiger partial charge >= 0.3 is 12.0 Å². The van der Waals surface area contributed by atoms with Gasteiger partial charge in [0.25, 0.3) is 5.91 Å². The second kappa shape index (κ2) is 11.5. The summed E-state index contributed by atoms with van der Waals surface area (Å²) in [6, 6.07) is 11.6. The summed E-state index contributed by atoms with van der Waals surface area (Å²) in [5.74, 6) is -1.36. The normalized spacial score (nSPS) is 14.2. The monoisotopic (exact) mass is 529 g/mol. The lowest BCUT2D eigenvalue weighted by Gasteiger charge is -2.13. The summed E-state index contributed by atoms with van der Waals surface area (Å²) in [5, 5.41) is 5.23. The lowest BCUT2D eigenvalue weighted by atomic mass is 10.1. The third-order valence-corrected chi connectivity index (χ3v) is 5.35. The molecule has 0 unspecified atom stereocenters. The Kier molecular flexibility index (Phi) is 8.42. The Morgan fingerprint density at radius 1 is 1.15 bits per heavy atom. The zero-order valence-electron chi connectivity index (χ0n) is 18.7. The van der Waals surface area contributed by atoms with E-state index >= 15 is 0 Å². The van der Waals surface area contributed by atoms with Gasteiger partial charge in [-0.1, -0.05) is 41.1 Å². The Morgan fingerprint density at radius 3 is 2.65 bits per heavy atom. The van der Waals surface area contributed by atoms with Crippen molar-refractivity contribution in [1.29, 1.82) is 0 Å². The third kappa shape index (κ3) is 6.22. The highest BCUT2D eigenvalue weighted by atomic mass is 79.9. The summed E-state index contributed by atoms with van der Waals surface area (Å²) >= 11 is 3.35. The molecule has 0 saturated carbocycles. The number of para-hydroxylation sites is 1. The Bertz CT molecular complexity index is 1150. The maximum Gasteiger partial charge on any atom is 0.344 e. The number of ether oxygens (including phenoxy) is 2. The molecule has 2 N–H and O–H groups in total. The highest BCUT2D eigenvalue weighted by Crippen LogP contribution is 2.27. The van der Waals surface area contributed by atoms with Gasteiger partial charge in [-0.25, -0.2) is 14.5 Å². The number of carbonyl (C=O) groups excluding carboxylic acids is 4. The number of hydrogen-bond acceptors (Lipinski definition) is 6. The van der Waals surface area contributed by atoms with Gasteiger partial charge in [-0.05, 0) is 49.2 Å². The van der Waals surface area contributed by atoms with Gasteiger partial charge in [-0.3, -0.25) is 9.59 Å². The van der Waals surface area contributed by atoms with Crippen LogP contribution in [0.3, 0.4) is 0 Å². The van der Waals surface area contributed by atoms with Crippen LogP contribution in [-0.2, 0) is 25.5 Å². The second-order valence-corrected chi connectivity index (χ2v) is 8.13. The van der Waals surface area contributed by atoms with E-state index in [-0.39, 0.29) is 18.9 Å². The smallest absolute Gasteiger partial charge is 0.344 e. The Hall–Kier alpha value is -3.66. The first-order chi connectivity index (χ1) is 16.3. The molecule has 3 rings (SSSR count). The van der Waals surface area contributed by atoms with Crippen LogP contribution in [0.5, 0.6) is 5.75 Å². The van der Waals surface area contributed by atoms with Gasteiger partial charge in [0.15, 0.2) is 6.61 Å². The van der Waals surface area contributed by atoms with Crippen LogP contribution in [0.15, 0.2) is 52.6 Å². The minimum absolute atomic E-state index is 0.0224. The second-order valence-electron chi connectivity index (χ2n) is 7.21. The van der Waals surface area contributed by atoms with Crippen molar-refractivity contribution in [2.45, 2.75) is 20.3 Å². The number of esters is 1. The standard InChI is InChI=1S/C24H24BrN3O6/c1-3-15-7-5-6-8-18(15)26-21(29)13-28-23(31)19(27-24(28)32)12-16-11-17(25)9-10-20(16)34-14-22(30)33-4-2/h5-12H,3-4,13-14H2,1-2H3,(H,26,29)(H,27,32)/b19-12+. The highest BCUT2D eigenvalue weighted by molar-refractivity contribution is 9.10. The third-order valence-electron chi connectivity index (χ3n) is 4.86. The molecule has 9 nitrogen and oxygen atoms in total. The number of urea groups is 1. The van der Waals surface area contributed by atoms with Crippen molar-refractivity contribution in [3.05, 3.63) is 63.8 Å². The molecule has 1 aliphatic rings. The van der Waals surface area contributed by atoms with Gasteiger partial charge in [-0.15, -0.1) is 0 Å². The number of anilines is 1. The van der Waals surface area contributed by atoms with Gasteiger partial charge in [0.05, 0.1) is 6.61 Å². The maximum atomic E-state index is 12.8. The first-order valence-corrected chi connectivity index (χ1v) is 11.4. The molecular weight excluding hydrogens is 506 g/mol. The molecule has 10 heteroatoms. The molecule has 0 aliphatic carbocycles. The van der Waals surface area contributed by atoms with Crippen LogP contribution in [0.4, 0.5) is 10.5 Å². The Balaban J connectivity index is 1.74. The number of amides is 4. The summed E-state index contributed by atoms with van der Waals surface area (Å²) in [5.41, 5.74) is 2.00. The lowest BCUT2D eigenvalue weighted by molar-refractivity contribution is -0.145. The largest absolute Gasteiger partial charge is 0.481 e. The Labute approximate surface area is 205 Å². The molecular formula is C24H24BrN3O6. The zero-order chi connectivity index (χ0) is 24.7. The fourth-order valence-electron chi connectivity index (χ4n) is 3.26. The summed E-state index contributed by atoms with van der Waals surface area (Å²) in [7, 11) is 0. The van der Waals surface area contributed by atoms with Crippen molar-refractivity contribution in [1.82, 2.24) is 10.2 Å². The molecule has 0 radical (unpaired) electrons. The number of rotatable bonds is 9. The van der Waals surface area contributed by atoms with E-state index < -0.39 is 30.4 Å². The van der Waals surface area contributed by atoms with E-state index in [9.17, 15) is 19.2 Å². The summed E-state index contributed by atoms with van der Waals surface area (Å²) in [6.45, 7) is 3.14. The molecule has 2 aromatic rings. The van der Waals surface area contributed by atoms with Crippen molar-refractivity contribution in [2.24, 2.45) is 0 Å². The molecule has 1 saturated heterocycles. The van der Waals surface area contributed by atoms with Crippen LogP contribution < -0.4 is 15.4 Å². The van der Waals surface area contributed by atoms with E-state index in [1.807, 2.05) is 19.1 Å². The van der Waals surface area contributed by atoms with E-state index in [0.29, 0.717) is 21.5 Å². The van der Waals surface area contributed by atoms with Gasteiger partial charge in [0.2, 0.25) is 5.91 Å². The van der Waals surface area contributed by atoms with Gasteiger partial charge in [0.1, 0.15) is 18.0 Å². The molecule has 0 aromatic heterocycles. The molecule has 1 heterocycles. The number of hydrogen-bond donors (Lipinski definition) is 2. The van der Waals surface area contributed by atoms with Crippen molar-refractivity contribution in [3.8, 4) is 5.75 Å². The van der Waals surface area contributed by atoms with Crippen molar-refractivity contribution in [3.63, 3.8) is 0 Å². The Morgan fingerprint density at radius 2 is 1.91 bits per heavy atom. The fraction of sp³-hybridized carbons (Fsp3) is 0.250. The molecule has 0 spiro atoms. The van der Waals surface area contributed by atoms with Crippen LogP contribution in [0.1, 0.15) is 25.0 Å². The molecule has 178 valence electrons. The van der Waals surface area contributed by atoms with Crippen molar-refractivity contribution >= 4 is 51.5 Å². The average molecular weight is 530 g/mol. The highest BCUT2D eigenvalue weighted by Gasteiger charge is 2.35. The molecule has 0 bridgehead atoms. The number of carbonyl (C=O) groups is 4. The number of benzene rings is 2. The summed E-state index contributed by atoms with van der Waals surface area (Å²) < 4.78 is 11.1. The minimum Gasteiger partial charge on any atom is -0.481 e. The SMILES string of the molecule is CCOC(=O)COc1ccc(Br)cc1/C=C1/NC(=O)N(CC(=O)Nc2ccccc2CC)C1=O. The van der Waals surface area contributed by atoms with E-state index in [2.05, 4.69) is 26.6 Å². The molecule has 34 heavy (non-hydrogen) atoms. The average Bonchev–Trinajstić information content (AvgIpc) is 3.06. The molecule has 1 aliphatic heterocycles. The van der Waals surface area contributed by atoms with E-state index in [1.54, 1.807) is 37.3 Å². The van der Waals surface area contributed by atoms with Crippen LogP contribution in [0.25, 0.3) is 6.08 Å². The maximum absolute atomic E-state index is 12.8.